The van der Waals surface area contributed by atoms with Crippen LogP contribution in [-0.4, -0.2) is 20.2 Å². The maximum Gasteiger partial charge on any atom is 0.264 e. The van der Waals surface area contributed by atoms with Gasteiger partial charge in [-0.25, -0.2) is 13.1 Å². The molecule has 8 heteroatoms. The van der Waals surface area contributed by atoms with Gasteiger partial charge in [0.25, 0.3) is 21.8 Å². The number of benzene rings is 4. The molecule has 0 aliphatic heterocycles. The number of hydrogen-bond acceptors (Lipinski definition) is 5. The van der Waals surface area contributed by atoms with Crippen LogP contribution in [0.1, 0.15) is 53.4 Å². The molecule has 2 N–H and O–H groups in total. The van der Waals surface area contributed by atoms with E-state index >= 15 is 0 Å². The number of nitrogens with one attached hydrogen (secondary N) is 2. The van der Waals surface area contributed by atoms with Gasteiger partial charge >= 0.3 is 0 Å². The molecule has 0 bridgehead atoms. The van der Waals surface area contributed by atoms with Gasteiger partial charge in [-0.2, -0.15) is 0 Å². The van der Waals surface area contributed by atoms with Crippen LogP contribution < -0.4 is 14.8 Å². The fraction of sp³-hybridized carbons (Fsp3) is 0.176. The van der Waals surface area contributed by atoms with Crippen molar-refractivity contribution in [3.63, 3.8) is 0 Å². The lowest BCUT2D eigenvalue weighted by Crippen LogP contribution is -2.30. The molecule has 0 radical (unpaired) electrons. The summed E-state index contributed by atoms with van der Waals surface area (Å²) in [7, 11) is -4.04. The van der Waals surface area contributed by atoms with Crippen molar-refractivity contribution in [3.05, 3.63) is 138 Å². The largest absolute Gasteiger partial charge is 0.489 e. The van der Waals surface area contributed by atoms with Gasteiger partial charge in [0.1, 0.15) is 12.4 Å². The maximum atomic E-state index is 13.7. The number of sulfonamides is 1. The molecule has 0 aromatic heterocycles. The summed E-state index contributed by atoms with van der Waals surface area (Å²) >= 11 is 0. The van der Waals surface area contributed by atoms with Crippen LogP contribution in [0, 0.1) is 5.92 Å². The summed E-state index contributed by atoms with van der Waals surface area (Å²) in [4.78, 5) is 26.3. The molecule has 42 heavy (non-hydrogen) atoms. The average Bonchev–Trinajstić information content (AvgIpc) is 3.00. The van der Waals surface area contributed by atoms with Crippen LogP contribution in [0.2, 0.25) is 0 Å². The lowest BCUT2D eigenvalue weighted by molar-refractivity contribution is -0.114. The van der Waals surface area contributed by atoms with E-state index in [-0.39, 0.29) is 23.5 Å². The van der Waals surface area contributed by atoms with Gasteiger partial charge in [-0.1, -0.05) is 92.7 Å². The van der Waals surface area contributed by atoms with Crippen molar-refractivity contribution in [2.75, 3.05) is 0 Å². The molecular formula is C34H34N2O5S. The quantitative estimate of drug-likeness (QED) is 0.191. The van der Waals surface area contributed by atoms with E-state index in [1.165, 1.54) is 18.2 Å². The summed E-state index contributed by atoms with van der Waals surface area (Å²) in [6, 6.07) is 31.8. The Kier molecular flexibility index (Phi) is 10.3. The smallest absolute Gasteiger partial charge is 0.264 e. The van der Waals surface area contributed by atoms with Crippen molar-refractivity contribution in [1.29, 1.82) is 0 Å². The van der Waals surface area contributed by atoms with Gasteiger partial charge in [0.05, 0.1) is 10.9 Å². The molecule has 0 heterocycles. The Morgan fingerprint density at radius 3 is 2.10 bits per heavy atom. The zero-order valence-electron chi connectivity index (χ0n) is 23.6. The highest BCUT2D eigenvalue weighted by Crippen LogP contribution is 2.23. The van der Waals surface area contributed by atoms with Crippen LogP contribution in [0.15, 0.2) is 120 Å². The number of hydrogen-bond donors (Lipinski definition) is 2. The van der Waals surface area contributed by atoms with Crippen LogP contribution >= 0.6 is 0 Å². The topological polar surface area (TPSA) is 102 Å². The third-order valence-corrected chi connectivity index (χ3v) is 7.79. The molecule has 4 rings (SSSR count). The lowest BCUT2D eigenvalue weighted by Gasteiger charge is -2.22. The van der Waals surface area contributed by atoms with Gasteiger partial charge in [0.15, 0.2) is 0 Å². The van der Waals surface area contributed by atoms with Crippen molar-refractivity contribution in [1.82, 2.24) is 10.0 Å². The predicted octanol–water partition coefficient (Wildman–Crippen LogP) is 6.30. The van der Waals surface area contributed by atoms with Gasteiger partial charge in [-0.3, -0.25) is 9.59 Å². The van der Waals surface area contributed by atoms with E-state index in [1.54, 1.807) is 36.4 Å². The zero-order valence-corrected chi connectivity index (χ0v) is 24.4. The minimum Gasteiger partial charge on any atom is -0.489 e. The first-order valence-corrected chi connectivity index (χ1v) is 15.2. The van der Waals surface area contributed by atoms with E-state index < -0.39 is 15.9 Å². The van der Waals surface area contributed by atoms with Crippen molar-refractivity contribution in [3.8, 4) is 5.75 Å². The van der Waals surface area contributed by atoms with Gasteiger partial charge in [-0.15, -0.1) is 0 Å². The Bertz CT molecular complexity index is 1620. The lowest BCUT2D eigenvalue weighted by atomic mass is 9.96. The van der Waals surface area contributed by atoms with Crippen molar-refractivity contribution in [2.24, 2.45) is 5.92 Å². The molecule has 2 amide bonds. The highest BCUT2D eigenvalue weighted by atomic mass is 32.2. The third kappa shape index (κ3) is 8.65. The molecule has 1 unspecified atom stereocenters. The van der Waals surface area contributed by atoms with Crippen molar-refractivity contribution >= 4 is 27.9 Å². The van der Waals surface area contributed by atoms with Crippen LogP contribution in [-0.2, 0) is 21.4 Å². The summed E-state index contributed by atoms with van der Waals surface area (Å²) in [6.07, 6.45) is 3.28. The Balaban J connectivity index is 1.60. The average molecular weight is 583 g/mol. The zero-order chi connectivity index (χ0) is 30.0. The second-order valence-electron chi connectivity index (χ2n) is 10.2. The minimum atomic E-state index is -4.04. The normalized spacial score (nSPS) is 12.2. The third-order valence-electron chi connectivity index (χ3n) is 6.43. The first-order valence-electron chi connectivity index (χ1n) is 13.7. The van der Waals surface area contributed by atoms with E-state index in [9.17, 15) is 18.0 Å². The molecule has 7 nitrogen and oxygen atoms in total. The van der Waals surface area contributed by atoms with Crippen molar-refractivity contribution < 1.29 is 22.7 Å². The van der Waals surface area contributed by atoms with Crippen LogP contribution in [0.25, 0.3) is 6.08 Å². The van der Waals surface area contributed by atoms with Gasteiger partial charge in [0, 0.05) is 11.6 Å². The van der Waals surface area contributed by atoms with Crippen LogP contribution in [0.3, 0.4) is 0 Å². The molecule has 0 spiro atoms. The standard InChI is InChI=1S/C34H34N2O5S/c1-25(2)22-32(28-12-6-3-7-13-28)35-34(38)31-23-26(24-41-29-14-8-4-9-15-29)18-19-27(31)20-21-33(37)36-42(39,40)30-16-10-5-11-17-30/h3-21,23,25,32H,22,24H2,1-2H3,(H,35,38)(H,36,37). The summed E-state index contributed by atoms with van der Waals surface area (Å²) in [5.41, 5.74) is 2.55. The molecule has 4 aromatic carbocycles. The summed E-state index contributed by atoms with van der Waals surface area (Å²) in [5.74, 6) is -0.118. The second-order valence-corrected chi connectivity index (χ2v) is 11.9. The van der Waals surface area contributed by atoms with E-state index in [2.05, 4.69) is 19.2 Å². The molecule has 1 atom stereocenters. The Hall–Kier alpha value is -4.69. The first kappa shape index (κ1) is 30.3. The Labute approximate surface area is 247 Å². The van der Waals surface area contributed by atoms with E-state index in [0.717, 1.165) is 23.6 Å². The molecule has 0 saturated carbocycles. The molecule has 0 saturated heterocycles. The van der Waals surface area contributed by atoms with Gasteiger partial charge in [-0.05, 0) is 65.4 Å². The number of amides is 2. The molecule has 0 aliphatic carbocycles. The highest BCUT2D eigenvalue weighted by Gasteiger charge is 2.20. The molecule has 4 aromatic rings. The summed E-state index contributed by atoms with van der Waals surface area (Å²) in [5, 5.41) is 3.16. The summed E-state index contributed by atoms with van der Waals surface area (Å²) in [6.45, 7) is 4.43. The number of para-hydroxylation sites is 1. The second kappa shape index (κ2) is 14.3. The van der Waals surface area contributed by atoms with Crippen LogP contribution in [0.5, 0.6) is 5.75 Å². The Morgan fingerprint density at radius 2 is 1.45 bits per heavy atom. The molecular weight excluding hydrogens is 548 g/mol. The first-order chi connectivity index (χ1) is 20.2. The number of ether oxygens (including phenoxy) is 1. The fourth-order valence-electron chi connectivity index (χ4n) is 4.38. The van der Waals surface area contributed by atoms with Crippen molar-refractivity contribution in [2.45, 2.75) is 37.8 Å². The monoisotopic (exact) mass is 582 g/mol. The molecule has 0 aliphatic rings. The van der Waals surface area contributed by atoms with E-state index in [4.69, 9.17) is 4.74 Å². The maximum absolute atomic E-state index is 13.7. The SMILES string of the molecule is CC(C)CC(NC(=O)c1cc(COc2ccccc2)ccc1C=CC(=O)NS(=O)(=O)c1ccccc1)c1ccccc1. The van der Waals surface area contributed by atoms with Gasteiger partial charge in [0.2, 0.25) is 0 Å². The summed E-state index contributed by atoms with van der Waals surface area (Å²) < 4.78 is 33.1. The fourth-order valence-corrected chi connectivity index (χ4v) is 5.35. The number of rotatable bonds is 12. The van der Waals surface area contributed by atoms with Crippen LogP contribution in [0.4, 0.5) is 0 Å². The Morgan fingerprint density at radius 1 is 0.833 bits per heavy atom. The minimum absolute atomic E-state index is 0.0216. The van der Waals surface area contributed by atoms with Gasteiger partial charge < -0.3 is 10.1 Å². The number of carbonyl (C=O) groups excluding carboxylic acids is 2. The van der Waals surface area contributed by atoms with E-state index in [0.29, 0.717) is 22.8 Å². The predicted molar refractivity (Wildman–Crippen MR) is 164 cm³/mol. The highest BCUT2D eigenvalue weighted by molar-refractivity contribution is 7.90. The molecule has 0 fully saturated rings. The van der Waals surface area contributed by atoms with E-state index in [1.807, 2.05) is 65.4 Å². The molecule has 216 valence electrons. The number of carbonyl (C=O) groups is 2.